The maximum absolute atomic E-state index is 9.36. The number of hydrogen-bond donors (Lipinski definition) is 1. The zero-order valence-electron chi connectivity index (χ0n) is 11.5. The van der Waals surface area contributed by atoms with Crippen molar-refractivity contribution >= 4 is 17.4 Å². The molecular formula is C17H11ClN4. The lowest BCUT2D eigenvalue weighted by Crippen LogP contribution is -2.00. The molecule has 0 radical (unpaired) electrons. The van der Waals surface area contributed by atoms with Crippen LogP contribution in [0.2, 0.25) is 5.02 Å². The lowest BCUT2D eigenvalue weighted by Gasteiger charge is -2.09. The van der Waals surface area contributed by atoms with Crippen LogP contribution in [0.5, 0.6) is 0 Å². The van der Waals surface area contributed by atoms with E-state index in [2.05, 4.69) is 16.0 Å². The number of rotatable bonds is 2. The zero-order chi connectivity index (χ0) is 15.5. The van der Waals surface area contributed by atoms with Crippen LogP contribution in [-0.2, 0) is 0 Å². The van der Waals surface area contributed by atoms with Gasteiger partial charge in [0.05, 0.1) is 11.4 Å². The van der Waals surface area contributed by atoms with Gasteiger partial charge in [-0.15, -0.1) is 0 Å². The van der Waals surface area contributed by atoms with Crippen molar-refractivity contribution in [2.75, 3.05) is 5.73 Å². The van der Waals surface area contributed by atoms with E-state index in [1.54, 1.807) is 18.3 Å². The molecular weight excluding hydrogens is 296 g/mol. The minimum atomic E-state index is 0.190. The minimum Gasteiger partial charge on any atom is -0.383 e. The Hall–Kier alpha value is -2.90. The second-order valence-corrected chi connectivity index (χ2v) is 5.09. The van der Waals surface area contributed by atoms with Gasteiger partial charge in [0.25, 0.3) is 0 Å². The van der Waals surface area contributed by atoms with E-state index in [4.69, 9.17) is 17.3 Å². The van der Waals surface area contributed by atoms with Crippen molar-refractivity contribution in [1.82, 2.24) is 9.97 Å². The van der Waals surface area contributed by atoms with E-state index in [0.29, 0.717) is 27.5 Å². The molecule has 0 aliphatic heterocycles. The third-order valence-corrected chi connectivity index (χ3v) is 3.49. The lowest BCUT2D eigenvalue weighted by atomic mass is 9.99. The van der Waals surface area contributed by atoms with Gasteiger partial charge in [0.1, 0.15) is 17.5 Å². The largest absolute Gasteiger partial charge is 0.383 e. The van der Waals surface area contributed by atoms with Crippen molar-refractivity contribution in [2.24, 2.45) is 0 Å². The quantitative estimate of drug-likeness (QED) is 0.778. The predicted molar refractivity (Wildman–Crippen MR) is 87.0 cm³/mol. The van der Waals surface area contributed by atoms with Crippen LogP contribution in [0, 0.1) is 11.3 Å². The fourth-order valence-electron chi connectivity index (χ4n) is 2.18. The molecule has 0 atom stereocenters. The number of nitrogen functional groups attached to an aromatic ring is 1. The Labute approximate surface area is 132 Å². The molecule has 0 aliphatic carbocycles. The van der Waals surface area contributed by atoms with Crippen molar-refractivity contribution in [2.45, 2.75) is 0 Å². The molecule has 2 N–H and O–H groups in total. The topological polar surface area (TPSA) is 75.6 Å². The fraction of sp³-hybridized carbons (Fsp3) is 0. The smallest absolute Gasteiger partial charge is 0.142 e. The van der Waals surface area contributed by atoms with Gasteiger partial charge in [-0.05, 0) is 35.9 Å². The summed E-state index contributed by atoms with van der Waals surface area (Å²) in [5.41, 5.74) is 9.20. The maximum Gasteiger partial charge on any atom is 0.142 e. The first-order chi connectivity index (χ1) is 10.7. The monoisotopic (exact) mass is 306 g/mol. The van der Waals surface area contributed by atoms with Crippen LogP contribution in [-0.4, -0.2) is 9.97 Å². The van der Waals surface area contributed by atoms with Crippen LogP contribution >= 0.6 is 11.6 Å². The second kappa shape index (κ2) is 5.84. The van der Waals surface area contributed by atoms with Gasteiger partial charge in [0.2, 0.25) is 0 Å². The number of anilines is 1. The van der Waals surface area contributed by atoms with Crippen molar-refractivity contribution in [3.63, 3.8) is 0 Å². The number of benzene rings is 1. The van der Waals surface area contributed by atoms with E-state index < -0.39 is 0 Å². The van der Waals surface area contributed by atoms with E-state index in [1.165, 1.54) is 0 Å². The number of pyridine rings is 2. The Bertz CT molecular complexity index is 852. The van der Waals surface area contributed by atoms with E-state index >= 15 is 0 Å². The molecule has 0 unspecified atom stereocenters. The number of nitriles is 1. The minimum absolute atomic E-state index is 0.190. The third-order valence-electron chi connectivity index (χ3n) is 3.24. The molecule has 2 heterocycles. The summed E-state index contributed by atoms with van der Waals surface area (Å²) in [5, 5.41) is 10.00. The van der Waals surface area contributed by atoms with Gasteiger partial charge in [-0.2, -0.15) is 5.26 Å². The summed E-state index contributed by atoms with van der Waals surface area (Å²) in [6.07, 6.45) is 1.69. The highest BCUT2D eigenvalue weighted by Crippen LogP contribution is 2.31. The fourth-order valence-corrected chi connectivity index (χ4v) is 2.31. The molecule has 3 rings (SSSR count). The Kier molecular flexibility index (Phi) is 3.73. The molecule has 3 aromatic rings. The number of aromatic nitrogens is 2. The van der Waals surface area contributed by atoms with Gasteiger partial charge in [-0.3, -0.25) is 4.98 Å². The summed E-state index contributed by atoms with van der Waals surface area (Å²) in [4.78, 5) is 8.56. The Morgan fingerprint density at radius 3 is 2.45 bits per heavy atom. The van der Waals surface area contributed by atoms with Gasteiger partial charge in [-0.1, -0.05) is 29.8 Å². The van der Waals surface area contributed by atoms with Crippen molar-refractivity contribution < 1.29 is 0 Å². The number of hydrogen-bond acceptors (Lipinski definition) is 4. The van der Waals surface area contributed by atoms with Crippen LogP contribution in [0.3, 0.4) is 0 Å². The van der Waals surface area contributed by atoms with E-state index in [1.807, 2.05) is 36.4 Å². The van der Waals surface area contributed by atoms with Crippen LogP contribution in [0.4, 0.5) is 5.82 Å². The number of nitrogens with zero attached hydrogens (tertiary/aromatic N) is 3. The standard InChI is InChI=1S/C17H11ClN4/c18-12-6-4-11(5-7-12)13-9-16(15-3-1-2-8-21-15)22-17(20)14(13)10-19/h1-9H,(H2,20,22). The molecule has 0 amide bonds. The first-order valence-corrected chi connectivity index (χ1v) is 6.95. The second-order valence-electron chi connectivity index (χ2n) is 4.65. The van der Waals surface area contributed by atoms with Crippen LogP contribution in [0.25, 0.3) is 22.5 Å². The van der Waals surface area contributed by atoms with E-state index in [-0.39, 0.29) is 5.82 Å². The molecule has 22 heavy (non-hydrogen) atoms. The SMILES string of the molecule is N#Cc1c(-c2ccc(Cl)cc2)cc(-c2ccccn2)nc1N. The highest BCUT2D eigenvalue weighted by molar-refractivity contribution is 6.30. The zero-order valence-corrected chi connectivity index (χ0v) is 12.2. The van der Waals surface area contributed by atoms with Gasteiger partial charge in [0, 0.05) is 16.8 Å². The number of halogens is 1. The summed E-state index contributed by atoms with van der Waals surface area (Å²) in [7, 11) is 0. The van der Waals surface area contributed by atoms with Gasteiger partial charge in [-0.25, -0.2) is 4.98 Å². The molecule has 0 saturated carbocycles. The molecule has 0 spiro atoms. The normalized spacial score (nSPS) is 10.2. The van der Waals surface area contributed by atoms with Crippen molar-refractivity contribution in [1.29, 1.82) is 5.26 Å². The molecule has 1 aromatic carbocycles. The molecule has 2 aromatic heterocycles. The Morgan fingerprint density at radius 2 is 1.82 bits per heavy atom. The van der Waals surface area contributed by atoms with Crippen LogP contribution < -0.4 is 5.73 Å². The van der Waals surface area contributed by atoms with E-state index in [0.717, 1.165) is 5.56 Å². The molecule has 106 valence electrons. The summed E-state index contributed by atoms with van der Waals surface area (Å²) >= 11 is 5.92. The highest BCUT2D eigenvalue weighted by Gasteiger charge is 2.13. The average Bonchev–Trinajstić information content (AvgIpc) is 2.55. The summed E-state index contributed by atoms with van der Waals surface area (Å²) in [6.45, 7) is 0. The molecule has 5 heteroatoms. The first-order valence-electron chi connectivity index (χ1n) is 6.57. The van der Waals surface area contributed by atoms with E-state index in [9.17, 15) is 5.26 Å². The highest BCUT2D eigenvalue weighted by atomic mass is 35.5. The third kappa shape index (κ3) is 2.62. The average molecular weight is 307 g/mol. The van der Waals surface area contributed by atoms with Crippen molar-refractivity contribution in [3.8, 4) is 28.6 Å². The Balaban J connectivity index is 2.22. The lowest BCUT2D eigenvalue weighted by molar-refractivity contribution is 1.24. The summed E-state index contributed by atoms with van der Waals surface area (Å²) in [6, 6.07) is 16.7. The predicted octanol–water partition coefficient (Wildman–Crippen LogP) is 3.92. The van der Waals surface area contributed by atoms with Crippen molar-refractivity contribution in [3.05, 3.63) is 65.3 Å². The summed E-state index contributed by atoms with van der Waals surface area (Å²) in [5.74, 6) is 0.190. The Morgan fingerprint density at radius 1 is 1.05 bits per heavy atom. The molecule has 0 bridgehead atoms. The number of nitrogens with two attached hydrogens (primary N) is 1. The maximum atomic E-state index is 9.36. The van der Waals surface area contributed by atoms with Gasteiger partial charge >= 0.3 is 0 Å². The van der Waals surface area contributed by atoms with Crippen LogP contribution in [0.1, 0.15) is 5.56 Å². The van der Waals surface area contributed by atoms with Gasteiger partial charge < -0.3 is 5.73 Å². The summed E-state index contributed by atoms with van der Waals surface area (Å²) < 4.78 is 0. The first kappa shape index (κ1) is 14.1. The van der Waals surface area contributed by atoms with Gasteiger partial charge in [0.15, 0.2) is 0 Å². The molecule has 0 fully saturated rings. The molecule has 0 aliphatic rings. The molecule has 4 nitrogen and oxygen atoms in total. The molecule has 0 saturated heterocycles. The van der Waals surface area contributed by atoms with Crippen LogP contribution in [0.15, 0.2) is 54.7 Å².